The standard InChI is InChI=1S/C10H10F3N5/c1-5-9(14)6(2)18(17-5)8-4-3-7(15-16-8)10(11,12)13/h3-4H,14H2,1-2H3. The molecular weight excluding hydrogens is 247 g/mol. The molecule has 0 aromatic carbocycles. The first-order valence-corrected chi connectivity index (χ1v) is 5.03. The van der Waals surface area contributed by atoms with E-state index < -0.39 is 11.9 Å². The second kappa shape index (κ2) is 3.97. The number of rotatable bonds is 1. The maximum Gasteiger partial charge on any atom is 0.435 e. The van der Waals surface area contributed by atoms with Gasteiger partial charge < -0.3 is 5.73 Å². The van der Waals surface area contributed by atoms with Crippen LogP contribution in [0.4, 0.5) is 18.9 Å². The summed E-state index contributed by atoms with van der Waals surface area (Å²) < 4.78 is 38.3. The lowest BCUT2D eigenvalue weighted by Crippen LogP contribution is -2.11. The molecule has 0 atom stereocenters. The maximum absolute atomic E-state index is 12.3. The van der Waals surface area contributed by atoms with Crippen LogP contribution in [0.1, 0.15) is 17.1 Å². The van der Waals surface area contributed by atoms with E-state index in [1.54, 1.807) is 13.8 Å². The Labute approximate surface area is 100 Å². The Morgan fingerprint density at radius 2 is 1.83 bits per heavy atom. The van der Waals surface area contributed by atoms with Crippen LogP contribution in [-0.2, 0) is 6.18 Å². The zero-order chi connectivity index (χ0) is 13.5. The van der Waals surface area contributed by atoms with Gasteiger partial charge in [0.05, 0.1) is 17.1 Å². The summed E-state index contributed by atoms with van der Waals surface area (Å²) in [5, 5.41) is 10.7. The summed E-state index contributed by atoms with van der Waals surface area (Å²) in [5.41, 5.74) is 6.37. The van der Waals surface area contributed by atoms with Gasteiger partial charge in [-0.3, -0.25) is 0 Å². The highest BCUT2D eigenvalue weighted by Crippen LogP contribution is 2.27. The summed E-state index contributed by atoms with van der Waals surface area (Å²) in [6, 6.07) is 2.06. The van der Waals surface area contributed by atoms with Crippen LogP contribution >= 0.6 is 0 Å². The summed E-state index contributed by atoms with van der Waals surface area (Å²) >= 11 is 0. The number of aryl methyl sites for hydroxylation is 1. The summed E-state index contributed by atoms with van der Waals surface area (Å²) in [6.07, 6.45) is -4.50. The molecule has 8 heteroatoms. The normalized spacial score (nSPS) is 11.8. The molecule has 0 saturated heterocycles. The lowest BCUT2D eigenvalue weighted by atomic mass is 10.3. The summed E-state index contributed by atoms with van der Waals surface area (Å²) in [5.74, 6) is 0.195. The zero-order valence-corrected chi connectivity index (χ0v) is 9.65. The van der Waals surface area contributed by atoms with Gasteiger partial charge in [-0.1, -0.05) is 0 Å². The smallest absolute Gasteiger partial charge is 0.396 e. The first-order valence-electron chi connectivity index (χ1n) is 5.03. The second-order valence-corrected chi connectivity index (χ2v) is 3.77. The molecule has 2 rings (SSSR count). The highest BCUT2D eigenvalue weighted by Gasteiger charge is 2.33. The highest BCUT2D eigenvalue weighted by molar-refractivity contribution is 5.49. The van der Waals surface area contributed by atoms with E-state index in [0.29, 0.717) is 17.1 Å². The molecule has 0 aliphatic carbocycles. The van der Waals surface area contributed by atoms with Crippen molar-refractivity contribution in [1.82, 2.24) is 20.0 Å². The van der Waals surface area contributed by atoms with Crippen LogP contribution in [-0.4, -0.2) is 20.0 Å². The van der Waals surface area contributed by atoms with Gasteiger partial charge in [0.2, 0.25) is 0 Å². The zero-order valence-electron chi connectivity index (χ0n) is 9.65. The van der Waals surface area contributed by atoms with E-state index in [0.717, 1.165) is 6.07 Å². The fraction of sp³-hybridized carbons (Fsp3) is 0.300. The molecule has 0 aliphatic heterocycles. The number of nitrogens with zero attached hydrogens (tertiary/aromatic N) is 4. The Hall–Kier alpha value is -2.12. The predicted octanol–water partition coefficient (Wildman–Crippen LogP) is 1.88. The molecule has 0 spiro atoms. The molecule has 18 heavy (non-hydrogen) atoms. The van der Waals surface area contributed by atoms with Crippen molar-refractivity contribution >= 4 is 5.69 Å². The third kappa shape index (κ3) is 2.01. The van der Waals surface area contributed by atoms with E-state index in [1.807, 2.05) is 0 Å². The van der Waals surface area contributed by atoms with Crippen molar-refractivity contribution in [2.45, 2.75) is 20.0 Å². The van der Waals surface area contributed by atoms with Gasteiger partial charge in [0, 0.05) is 0 Å². The van der Waals surface area contributed by atoms with Gasteiger partial charge >= 0.3 is 6.18 Å². The largest absolute Gasteiger partial charge is 0.435 e. The van der Waals surface area contributed by atoms with Crippen LogP contribution in [0.25, 0.3) is 5.82 Å². The van der Waals surface area contributed by atoms with Crippen molar-refractivity contribution in [3.63, 3.8) is 0 Å². The van der Waals surface area contributed by atoms with Crippen molar-refractivity contribution < 1.29 is 13.2 Å². The number of anilines is 1. The molecule has 5 nitrogen and oxygen atoms in total. The number of nitrogen functional groups attached to an aromatic ring is 1. The predicted molar refractivity (Wildman–Crippen MR) is 58.0 cm³/mol. The van der Waals surface area contributed by atoms with Gasteiger partial charge in [0.15, 0.2) is 11.5 Å². The van der Waals surface area contributed by atoms with Crippen LogP contribution in [0.5, 0.6) is 0 Å². The Morgan fingerprint density at radius 1 is 1.17 bits per heavy atom. The highest BCUT2D eigenvalue weighted by atomic mass is 19.4. The molecular formula is C10H10F3N5. The van der Waals surface area contributed by atoms with Crippen molar-refractivity contribution in [3.8, 4) is 5.82 Å². The quantitative estimate of drug-likeness (QED) is 0.846. The average molecular weight is 257 g/mol. The van der Waals surface area contributed by atoms with Gasteiger partial charge in [0.25, 0.3) is 0 Å². The number of hydrogen-bond donors (Lipinski definition) is 1. The molecule has 0 amide bonds. The van der Waals surface area contributed by atoms with Gasteiger partial charge in [0.1, 0.15) is 0 Å². The molecule has 2 aromatic rings. The van der Waals surface area contributed by atoms with E-state index in [9.17, 15) is 13.2 Å². The van der Waals surface area contributed by atoms with Gasteiger partial charge in [-0.2, -0.15) is 18.3 Å². The van der Waals surface area contributed by atoms with E-state index >= 15 is 0 Å². The summed E-state index contributed by atoms with van der Waals surface area (Å²) in [4.78, 5) is 0. The molecule has 0 aliphatic rings. The minimum Gasteiger partial charge on any atom is -0.396 e. The number of hydrogen-bond acceptors (Lipinski definition) is 4. The topological polar surface area (TPSA) is 69.6 Å². The number of aromatic nitrogens is 4. The monoisotopic (exact) mass is 257 g/mol. The summed E-state index contributed by atoms with van der Waals surface area (Å²) in [6.45, 7) is 3.41. The minimum atomic E-state index is -4.50. The Kier molecular flexibility index (Phi) is 2.72. The number of halogens is 3. The molecule has 0 fully saturated rings. The summed E-state index contributed by atoms with van der Waals surface area (Å²) in [7, 11) is 0. The van der Waals surface area contributed by atoms with Crippen LogP contribution < -0.4 is 5.73 Å². The Bertz CT molecular complexity index is 570. The van der Waals surface area contributed by atoms with Crippen molar-refractivity contribution in [1.29, 1.82) is 0 Å². The molecule has 2 N–H and O–H groups in total. The van der Waals surface area contributed by atoms with Crippen LogP contribution in [0.15, 0.2) is 12.1 Å². The average Bonchev–Trinajstić information content (AvgIpc) is 2.56. The van der Waals surface area contributed by atoms with E-state index in [-0.39, 0.29) is 5.82 Å². The van der Waals surface area contributed by atoms with Crippen LogP contribution in [0.3, 0.4) is 0 Å². The van der Waals surface area contributed by atoms with E-state index in [1.165, 1.54) is 10.7 Å². The molecule has 96 valence electrons. The first kappa shape index (κ1) is 12.3. The third-order valence-electron chi connectivity index (χ3n) is 2.51. The van der Waals surface area contributed by atoms with Crippen LogP contribution in [0, 0.1) is 13.8 Å². The Morgan fingerprint density at radius 3 is 2.22 bits per heavy atom. The van der Waals surface area contributed by atoms with Crippen molar-refractivity contribution in [2.24, 2.45) is 0 Å². The fourth-order valence-corrected chi connectivity index (χ4v) is 1.47. The molecule has 0 saturated carbocycles. The van der Waals surface area contributed by atoms with Gasteiger partial charge in [-0.05, 0) is 26.0 Å². The SMILES string of the molecule is Cc1nn(-c2ccc(C(F)(F)F)nn2)c(C)c1N. The first-order chi connectivity index (χ1) is 8.30. The minimum absolute atomic E-state index is 0.195. The third-order valence-corrected chi connectivity index (χ3v) is 2.51. The lowest BCUT2D eigenvalue weighted by molar-refractivity contribution is -0.141. The van der Waals surface area contributed by atoms with Gasteiger partial charge in [-0.25, -0.2) is 4.68 Å². The fourth-order valence-electron chi connectivity index (χ4n) is 1.47. The number of alkyl halides is 3. The molecule has 2 aromatic heterocycles. The van der Waals surface area contributed by atoms with E-state index in [4.69, 9.17) is 5.73 Å². The Balaban J connectivity index is 2.44. The second-order valence-electron chi connectivity index (χ2n) is 3.77. The van der Waals surface area contributed by atoms with E-state index in [2.05, 4.69) is 15.3 Å². The molecule has 0 unspecified atom stereocenters. The number of nitrogens with two attached hydrogens (primary N) is 1. The van der Waals surface area contributed by atoms with Crippen molar-refractivity contribution in [3.05, 3.63) is 29.2 Å². The lowest BCUT2D eigenvalue weighted by Gasteiger charge is -2.06. The maximum atomic E-state index is 12.3. The van der Waals surface area contributed by atoms with Crippen molar-refractivity contribution in [2.75, 3.05) is 5.73 Å². The molecule has 2 heterocycles. The molecule has 0 bridgehead atoms. The van der Waals surface area contributed by atoms with Gasteiger partial charge in [-0.15, -0.1) is 10.2 Å². The van der Waals surface area contributed by atoms with Crippen LogP contribution in [0.2, 0.25) is 0 Å². The molecule has 0 radical (unpaired) electrons.